The second-order valence-electron chi connectivity index (χ2n) is 3.96. The summed E-state index contributed by atoms with van der Waals surface area (Å²) in [4.78, 5) is 17.7. The molecule has 0 saturated carbocycles. The standard InChI is InChI=1S/C11H17N3O3/c15-11(7-10-8-17-9-13-10)12-1-2-14-3-5-16-6-4-14/h8-9H,1-7H2,(H,12,15). The van der Waals surface area contributed by atoms with Crippen molar-refractivity contribution < 1.29 is 13.9 Å². The Kier molecular flexibility index (Phi) is 4.52. The molecule has 2 heterocycles. The Morgan fingerprint density at radius 1 is 1.47 bits per heavy atom. The van der Waals surface area contributed by atoms with E-state index < -0.39 is 0 Å². The van der Waals surface area contributed by atoms with Gasteiger partial charge in [0.05, 0.1) is 25.3 Å². The Morgan fingerprint density at radius 3 is 3.00 bits per heavy atom. The molecule has 0 atom stereocenters. The van der Waals surface area contributed by atoms with E-state index in [1.165, 1.54) is 12.7 Å². The minimum absolute atomic E-state index is 0.0211. The van der Waals surface area contributed by atoms with Crippen molar-refractivity contribution in [2.24, 2.45) is 0 Å². The van der Waals surface area contributed by atoms with Crippen LogP contribution in [0.15, 0.2) is 17.1 Å². The topological polar surface area (TPSA) is 67.6 Å². The smallest absolute Gasteiger partial charge is 0.226 e. The lowest BCUT2D eigenvalue weighted by atomic mass is 10.3. The molecule has 1 N–H and O–H groups in total. The van der Waals surface area contributed by atoms with Crippen LogP contribution in [0.5, 0.6) is 0 Å². The fourth-order valence-electron chi connectivity index (χ4n) is 1.73. The van der Waals surface area contributed by atoms with Gasteiger partial charge in [0.15, 0.2) is 6.39 Å². The van der Waals surface area contributed by atoms with Gasteiger partial charge in [0.1, 0.15) is 6.26 Å². The molecular weight excluding hydrogens is 222 g/mol. The predicted molar refractivity (Wildman–Crippen MR) is 60.5 cm³/mol. The number of amides is 1. The molecule has 0 bridgehead atoms. The SMILES string of the molecule is O=C(Cc1cocn1)NCCN1CCOCC1. The molecule has 0 spiro atoms. The maximum Gasteiger partial charge on any atom is 0.226 e. The highest BCUT2D eigenvalue weighted by atomic mass is 16.5. The zero-order valence-corrected chi connectivity index (χ0v) is 9.72. The Bertz CT molecular complexity index is 334. The lowest BCUT2D eigenvalue weighted by Crippen LogP contribution is -2.41. The summed E-state index contributed by atoms with van der Waals surface area (Å²) in [7, 11) is 0. The number of aromatic nitrogens is 1. The van der Waals surface area contributed by atoms with E-state index in [0.29, 0.717) is 12.2 Å². The molecule has 0 aromatic carbocycles. The third-order valence-electron chi connectivity index (χ3n) is 2.68. The van der Waals surface area contributed by atoms with E-state index >= 15 is 0 Å². The Labute approximate surface area is 99.9 Å². The van der Waals surface area contributed by atoms with Crippen molar-refractivity contribution in [2.45, 2.75) is 6.42 Å². The maximum absolute atomic E-state index is 11.5. The van der Waals surface area contributed by atoms with Crippen molar-refractivity contribution in [1.82, 2.24) is 15.2 Å². The van der Waals surface area contributed by atoms with E-state index in [2.05, 4.69) is 15.2 Å². The first-order valence-electron chi connectivity index (χ1n) is 5.78. The second kappa shape index (κ2) is 6.36. The molecule has 1 aromatic rings. The molecule has 17 heavy (non-hydrogen) atoms. The van der Waals surface area contributed by atoms with Crippen molar-refractivity contribution in [1.29, 1.82) is 0 Å². The lowest BCUT2D eigenvalue weighted by molar-refractivity contribution is -0.120. The highest BCUT2D eigenvalue weighted by molar-refractivity contribution is 5.77. The number of carbonyl (C=O) groups excluding carboxylic acids is 1. The number of hydrogen-bond acceptors (Lipinski definition) is 5. The van der Waals surface area contributed by atoms with Gasteiger partial charge in [-0.15, -0.1) is 0 Å². The first-order valence-corrected chi connectivity index (χ1v) is 5.78. The van der Waals surface area contributed by atoms with Crippen LogP contribution >= 0.6 is 0 Å². The Balaban J connectivity index is 1.59. The number of hydrogen-bond donors (Lipinski definition) is 1. The van der Waals surface area contributed by atoms with Crippen LogP contribution in [0.3, 0.4) is 0 Å². The monoisotopic (exact) mass is 239 g/mol. The molecule has 1 fully saturated rings. The van der Waals surface area contributed by atoms with Crippen molar-refractivity contribution in [3.8, 4) is 0 Å². The molecule has 1 amide bonds. The minimum Gasteiger partial charge on any atom is -0.451 e. The van der Waals surface area contributed by atoms with E-state index in [0.717, 1.165) is 32.8 Å². The van der Waals surface area contributed by atoms with Gasteiger partial charge < -0.3 is 14.5 Å². The van der Waals surface area contributed by atoms with Gasteiger partial charge in [-0.3, -0.25) is 9.69 Å². The lowest BCUT2D eigenvalue weighted by Gasteiger charge is -2.26. The average Bonchev–Trinajstić information content (AvgIpc) is 2.83. The summed E-state index contributed by atoms with van der Waals surface area (Å²) in [5.41, 5.74) is 0.661. The van der Waals surface area contributed by atoms with Crippen molar-refractivity contribution in [3.05, 3.63) is 18.4 Å². The van der Waals surface area contributed by atoms with Gasteiger partial charge in [-0.25, -0.2) is 4.98 Å². The van der Waals surface area contributed by atoms with Crippen LogP contribution in [0.2, 0.25) is 0 Å². The molecule has 2 rings (SSSR count). The molecule has 94 valence electrons. The molecule has 1 aliphatic rings. The van der Waals surface area contributed by atoms with Gasteiger partial charge in [-0.05, 0) is 0 Å². The molecule has 1 saturated heterocycles. The van der Waals surface area contributed by atoms with Gasteiger partial charge in [0.25, 0.3) is 0 Å². The van der Waals surface area contributed by atoms with Crippen LogP contribution in [0.25, 0.3) is 0 Å². The molecule has 0 radical (unpaired) electrons. The van der Waals surface area contributed by atoms with Gasteiger partial charge in [-0.1, -0.05) is 0 Å². The highest BCUT2D eigenvalue weighted by Crippen LogP contribution is 1.96. The normalized spacial score (nSPS) is 16.9. The predicted octanol–water partition coefficient (Wildman–Crippen LogP) is -0.334. The number of morpholine rings is 1. The number of rotatable bonds is 5. The quantitative estimate of drug-likeness (QED) is 0.761. The average molecular weight is 239 g/mol. The highest BCUT2D eigenvalue weighted by Gasteiger charge is 2.10. The van der Waals surface area contributed by atoms with Crippen LogP contribution in [-0.4, -0.2) is 55.2 Å². The first kappa shape index (κ1) is 12.1. The zero-order valence-electron chi connectivity index (χ0n) is 9.72. The van der Waals surface area contributed by atoms with Crippen molar-refractivity contribution in [2.75, 3.05) is 39.4 Å². The van der Waals surface area contributed by atoms with Gasteiger partial charge >= 0.3 is 0 Å². The minimum atomic E-state index is -0.0211. The number of carbonyl (C=O) groups is 1. The molecule has 1 aromatic heterocycles. The molecule has 6 nitrogen and oxygen atoms in total. The van der Waals surface area contributed by atoms with Gasteiger partial charge in [0.2, 0.25) is 5.91 Å². The Morgan fingerprint density at radius 2 is 2.29 bits per heavy atom. The third-order valence-corrected chi connectivity index (χ3v) is 2.68. The molecule has 0 aliphatic carbocycles. The van der Waals surface area contributed by atoms with Crippen LogP contribution in [-0.2, 0) is 16.0 Å². The number of oxazole rings is 1. The third kappa shape index (κ3) is 4.16. The largest absolute Gasteiger partial charge is 0.451 e. The molecular formula is C11H17N3O3. The van der Waals surface area contributed by atoms with Crippen molar-refractivity contribution in [3.63, 3.8) is 0 Å². The fourth-order valence-corrected chi connectivity index (χ4v) is 1.73. The van der Waals surface area contributed by atoms with Gasteiger partial charge in [0, 0.05) is 26.2 Å². The summed E-state index contributed by atoms with van der Waals surface area (Å²) in [5.74, 6) is -0.0211. The van der Waals surface area contributed by atoms with Crippen LogP contribution in [0, 0.1) is 0 Å². The van der Waals surface area contributed by atoms with Crippen molar-refractivity contribution >= 4 is 5.91 Å². The van der Waals surface area contributed by atoms with Crippen LogP contribution < -0.4 is 5.32 Å². The summed E-state index contributed by atoms with van der Waals surface area (Å²) in [6, 6.07) is 0. The number of ether oxygens (including phenoxy) is 1. The van der Waals surface area contributed by atoms with E-state index in [1.54, 1.807) is 0 Å². The number of nitrogens with one attached hydrogen (secondary N) is 1. The summed E-state index contributed by atoms with van der Waals surface area (Å²) < 4.78 is 10.1. The zero-order chi connectivity index (χ0) is 11.9. The summed E-state index contributed by atoms with van der Waals surface area (Å²) in [6.07, 6.45) is 3.09. The fraction of sp³-hybridized carbons (Fsp3) is 0.636. The van der Waals surface area contributed by atoms with E-state index in [4.69, 9.17) is 9.15 Å². The summed E-state index contributed by atoms with van der Waals surface area (Å²) >= 11 is 0. The molecule has 1 aliphatic heterocycles. The summed E-state index contributed by atoms with van der Waals surface area (Å²) in [6.45, 7) is 4.99. The van der Waals surface area contributed by atoms with E-state index in [1.807, 2.05) is 0 Å². The molecule has 0 unspecified atom stereocenters. The summed E-state index contributed by atoms with van der Waals surface area (Å²) in [5, 5.41) is 2.87. The van der Waals surface area contributed by atoms with Gasteiger partial charge in [-0.2, -0.15) is 0 Å². The molecule has 6 heteroatoms. The Hall–Kier alpha value is -1.40. The van der Waals surface area contributed by atoms with E-state index in [9.17, 15) is 4.79 Å². The number of nitrogens with zero attached hydrogens (tertiary/aromatic N) is 2. The van der Waals surface area contributed by atoms with Crippen LogP contribution in [0.4, 0.5) is 0 Å². The van der Waals surface area contributed by atoms with E-state index in [-0.39, 0.29) is 12.3 Å². The second-order valence-corrected chi connectivity index (χ2v) is 3.96. The van der Waals surface area contributed by atoms with Crippen LogP contribution in [0.1, 0.15) is 5.69 Å². The maximum atomic E-state index is 11.5. The first-order chi connectivity index (χ1) is 8.34.